The monoisotopic (exact) mass is 430 g/mol. The molecule has 2 heterocycles. The zero-order chi connectivity index (χ0) is 22.4. The highest BCUT2D eigenvalue weighted by Crippen LogP contribution is 2.34. The summed E-state index contributed by atoms with van der Waals surface area (Å²) in [6.07, 6.45) is 0.633. The third kappa shape index (κ3) is 6.55. The summed E-state index contributed by atoms with van der Waals surface area (Å²) in [7, 11) is 1.62. The molecule has 3 rings (SSSR count). The van der Waals surface area contributed by atoms with Crippen LogP contribution in [0, 0.1) is 0 Å². The lowest BCUT2D eigenvalue weighted by atomic mass is 10.1. The summed E-state index contributed by atoms with van der Waals surface area (Å²) in [6.45, 7) is 6.15. The summed E-state index contributed by atoms with van der Waals surface area (Å²) in [6, 6.07) is 11.0. The molecule has 8 nitrogen and oxygen atoms in total. The Hall–Kier alpha value is -2.87. The van der Waals surface area contributed by atoms with Crippen LogP contribution in [0.4, 0.5) is 4.79 Å². The van der Waals surface area contributed by atoms with E-state index in [4.69, 9.17) is 18.7 Å². The average molecular weight is 431 g/mol. The van der Waals surface area contributed by atoms with Crippen LogP contribution in [0.15, 0.2) is 40.9 Å². The Morgan fingerprint density at radius 1 is 1.23 bits per heavy atom. The van der Waals surface area contributed by atoms with Crippen LogP contribution in [-0.4, -0.2) is 47.5 Å². The summed E-state index contributed by atoms with van der Waals surface area (Å²) < 4.78 is 21.7. The maximum Gasteiger partial charge on any atom is 0.410 e. The molecule has 0 spiro atoms. The number of likely N-dealkylation sites (tertiary alicyclic amines) is 1. The molecule has 1 aromatic carbocycles. The maximum atomic E-state index is 12.6. The largest absolute Gasteiger partial charge is 0.461 e. The Morgan fingerprint density at radius 2 is 1.97 bits per heavy atom. The topological polar surface area (TPSA) is 91.1 Å². The Morgan fingerprint density at radius 3 is 2.65 bits per heavy atom. The predicted molar refractivity (Wildman–Crippen MR) is 112 cm³/mol. The van der Waals surface area contributed by atoms with E-state index in [1.54, 1.807) is 18.1 Å². The van der Waals surface area contributed by atoms with Crippen molar-refractivity contribution < 1.29 is 28.3 Å². The van der Waals surface area contributed by atoms with E-state index in [9.17, 15) is 9.59 Å². The molecule has 168 valence electrons. The van der Waals surface area contributed by atoms with Crippen molar-refractivity contribution in [3.63, 3.8) is 0 Å². The number of benzene rings is 1. The fourth-order valence-electron chi connectivity index (χ4n) is 3.41. The van der Waals surface area contributed by atoms with Gasteiger partial charge in [-0.05, 0) is 26.3 Å². The van der Waals surface area contributed by atoms with Crippen LogP contribution in [0.2, 0.25) is 0 Å². The van der Waals surface area contributed by atoms with Crippen molar-refractivity contribution in [3.05, 3.63) is 53.4 Å². The first-order chi connectivity index (χ1) is 14.7. The zero-order valence-electron chi connectivity index (χ0n) is 18.5. The molecule has 2 atom stereocenters. The van der Waals surface area contributed by atoms with Crippen molar-refractivity contribution in [2.75, 3.05) is 13.7 Å². The number of aromatic nitrogens is 1. The van der Waals surface area contributed by atoms with Crippen LogP contribution in [0.25, 0.3) is 0 Å². The summed E-state index contributed by atoms with van der Waals surface area (Å²) >= 11 is 0. The van der Waals surface area contributed by atoms with Gasteiger partial charge in [-0.2, -0.15) is 0 Å². The Balaban J connectivity index is 1.56. The quantitative estimate of drug-likeness (QED) is 0.612. The highest BCUT2D eigenvalue weighted by atomic mass is 16.6. The lowest BCUT2D eigenvalue weighted by Gasteiger charge is -2.27. The molecular formula is C23H30N2O6. The molecule has 1 aliphatic heterocycles. The molecular weight excluding hydrogens is 400 g/mol. The van der Waals surface area contributed by atoms with E-state index in [-0.39, 0.29) is 31.1 Å². The SMILES string of the molecule is CO[C@H]1C[C@@H](c2cc(CCC(=O)OCc3ccccc3)on2)N(C(=O)OC(C)(C)C)C1. The number of esters is 1. The third-order valence-electron chi connectivity index (χ3n) is 4.96. The van der Waals surface area contributed by atoms with E-state index in [2.05, 4.69) is 5.16 Å². The minimum absolute atomic E-state index is 0.106. The fraction of sp³-hybridized carbons (Fsp3) is 0.522. The minimum atomic E-state index is -0.595. The van der Waals surface area contributed by atoms with Gasteiger partial charge in [0.05, 0.1) is 25.1 Å². The zero-order valence-corrected chi connectivity index (χ0v) is 18.5. The van der Waals surface area contributed by atoms with Crippen LogP contribution in [0.5, 0.6) is 0 Å². The first-order valence-corrected chi connectivity index (χ1v) is 10.4. The first-order valence-electron chi connectivity index (χ1n) is 10.4. The van der Waals surface area contributed by atoms with Crippen molar-refractivity contribution in [1.82, 2.24) is 10.1 Å². The molecule has 1 aromatic heterocycles. The van der Waals surface area contributed by atoms with Crippen LogP contribution in [0.3, 0.4) is 0 Å². The second-order valence-electron chi connectivity index (χ2n) is 8.61. The van der Waals surface area contributed by atoms with Crippen LogP contribution in [-0.2, 0) is 32.0 Å². The van der Waals surface area contributed by atoms with Gasteiger partial charge in [0.15, 0.2) is 0 Å². The number of ether oxygens (including phenoxy) is 3. The van der Waals surface area contributed by atoms with E-state index < -0.39 is 11.7 Å². The van der Waals surface area contributed by atoms with Crippen LogP contribution >= 0.6 is 0 Å². The molecule has 31 heavy (non-hydrogen) atoms. The molecule has 0 aliphatic carbocycles. The predicted octanol–water partition coefficient (Wildman–Crippen LogP) is 4.05. The van der Waals surface area contributed by atoms with Gasteiger partial charge in [0, 0.05) is 26.0 Å². The van der Waals surface area contributed by atoms with E-state index in [1.807, 2.05) is 51.1 Å². The van der Waals surface area contributed by atoms with Crippen molar-refractivity contribution in [1.29, 1.82) is 0 Å². The van der Waals surface area contributed by atoms with E-state index in [1.165, 1.54) is 0 Å². The number of carbonyl (C=O) groups is 2. The van der Waals surface area contributed by atoms with Gasteiger partial charge in [-0.1, -0.05) is 35.5 Å². The lowest BCUT2D eigenvalue weighted by molar-refractivity contribution is -0.145. The van der Waals surface area contributed by atoms with Gasteiger partial charge in [-0.3, -0.25) is 9.69 Å². The van der Waals surface area contributed by atoms with Crippen molar-refractivity contribution >= 4 is 12.1 Å². The summed E-state index contributed by atoms with van der Waals surface area (Å²) in [4.78, 5) is 26.3. The van der Waals surface area contributed by atoms with Gasteiger partial charge in [-0.25, -0.2) is 4.79 Å². The summed E-state index contributed by atoms with van der Waals surface area (Å²) in [5.74, 6) is 0.258. The van der Waals surface area contributed by atoms with Crippen LogP contribution < -0.4 is 0 Å². The number of amides is 1. The van der Waals surface area contributed by atoms with Gasteiger partial charge >= 0.3 is 12.1 Å². The van der Waals surface area contributed by atoms with Gasteiger partial charge in [0.2, 0.25) is 0 Å². The fourth-order valence-corrected chi connectivity index (χ4v) is 3.41. The number of methoxy groups -OCH3 is 1. The van der Waals surface area contributed by atoms with Crippen molar-refractivity contribution in [3.8, 4) is 0 Å². The normalized spacial score (nSPS) is 18.8. The Kier molecular flexibility index (Phi) is 7.33. The van der Waals surface area contributed by atoms with Gasteiger partial charge < -0.3 is 18.7 Å². The van der Waals surface area contributed by atoms with E-state index >= 15 is 0 Å². The molecule has 0 bridgehead atoms. The summed E-state index contributed by atoms with van der Waals surface area (Å²) in [5.41, 5.74) is 0.967. The number of nitrogens with zero attached hydrogens (tertiary/aromatic N) is 2. The average Bonchev–Trinajstić information content (AvgIpc) is 3.37. The molecule has 0 N–H and O–H groups in total. The molecule has 1 amide bonds. The molecule has 1 fully saturated rings. The number of aryl methyl sites for hydroxylation is 1. The number of hydrogen-bond donors (Lipinski definition) is 0. The minimum Gasteiger partial charge on any atom is -0.461 e. The second-order valence-corrected chi connectivity index (χ2v) is 8.61. The number of carbonyl (C=O) groups excluding carboxylic acids is 2. The molecule has 2 aromatic rings. The molecule has 8 heteroatoms. The van der Waals surface area contributed by atoms with Crippen molar-refractivity contribution in [2.45, 2.75) is 64.4 Å². The first kappa shape index (κ1) is 22.8. The third-order valence-corrected chi connectivity index (χ3v) is 4.96. The summed E-state index contributed by atoms with van der Waals surface area (Å²) in [5, 5.41) is 4.14. The Bertz CT molecular complexity index is 874. The standard InChI is InChI=1S/C23H30N2O6/c1-23(2,3)30-22(27)25-14-18(28-4)13-20(25)19-12-17(31-24-19)10-11-21(26)29-15-16-8-6-5-7-9-16/h5-9,12,18,20H,10-11,13-15H2,1-4H3/t18-,20-/m0/s1. The highest BCUT2D eigenvalue weighted by molar-refractivity contribution is 5.70. The maximum absolute atomic E-state index is 12.6. The highest BCUT2D eigenvalue weighted by Gasteiger charge is 2.40. The van der Waals surface area contributed by atoms with E-state index in [0.717, 1.165) is 5.56 Å². The number of hydrogen-bond acceptors (Lipinski definition) is 7. The van der Waals surface area contributed by atoms with Gasteiger partial charge in [0.25, 0.3) is 0 Å². The lowest BCUT2D eigenvalue weighted by Crippen LogP contribution is -2.37. The second kappa shape index (κ2) is 9.96. The molecule has 0 saturated carbocycles. The van der Waals surface area contributed by atoms with E-state index in [0.29, 0.717) is 30.8 Å². The Labute approximate surface area is 182 Å². The number of rotatable bonds is 7. The molecule has 1 saturated heterocycles. The molecule has 0 unspecified atom stereocenters. The van der Waals surface area contributed by atoms with Crippen molar-refractivity contribution in [2.24, 2.45) is 0 Å². The molecule has 0 radical (unpaired) electrons. The van der Waals surface area contributed by atoms with Crippen LogP contribution in [0.1, 0.15) is 56.7 Å². The van der Waals surface area contributed by atoms with Gasteiger partial charge in [0.1, 0.15) is 23.7 Å². The smallest absolute Gasteiger partial charge is 0.410 e. The van der Waals surface area contributed by atoms with Gasteiger partial charge in [-0.15, -0.1) is 0 Å². The molecule has 1 aliphatic rings.